The molecule has 3 nitrogen and oxygen atoms in total. The molecule has 0 amide bonds. The zero-order chi connectivity index (χ0) is 15.1. The van der Waals surface area contributed by atoms with Gasteiger partial charge in [0, 0.05) is 10.6 Å². The molecule has 0 aliphatic rings. The second-order valence-corrected chi connectivity index (χ2v) is 5.44. The van der Waals surface area contributed by atoms with E-state index in [-0.39, 0.29) is 5.82 Å². The summed E-state index contributed by atoms with van der Waals surface area (Å²) in [7, 11) is 0. The van der Waals surface area contributed by atoms with Crippen LogP contribution in [0.5, 0.6) is 5.75 Å². The van der Waals surface area contributed by atoms with E-state index in [0.29, 0.717) is 17.9 Å². The van der Waals surface area contributed by atoms with Crippen molar-refractivity contribution in [2.24, 2.45) is 0 Å². The fourth-order valence-electron chi connectivity index (χ4n) is 1.73. The van der Waals surface area contributed by atoms with Gasteiger partial charge in [-0.3, -0.25) is 0 Å². The molecular weight excluding hydrogens is 291 g/mol. The van der Waals surface area contributed by atoms with E-state index in [1.54, 1.807) is 30.3 Å². The van der Waals surface area contributed by atoms with Gasteiger partial charge in [-0.25, -0.2) is 9.18 Å². The summed E-state index contributed by atoms with van der Waals surface area (Å²) in [5, 5.41) is 9.07. The Balaban J connectivity index is 1.75. The van der Waals surface area contributed by atoms with Crippen LogP contribution in [0.1, 0.15) is 16.8 Å². The van der Waals surface area contributed by atoms with Crippen LogP contribution >= 0.6 is 11.8 Å². The lowest BCUT2D eigenvalue weighted by Gasteiger charge is -2.07. The maximum Gasteiger partial charge on any atom is 0.336 e. The average Bonchev–Trinajstić information content (AvgIpc) is 2.49. The van der Waals surface area contributed by atoms with Crippen molar-refractivity contribution in [2.45, 2.75) is 11.3 Å². The van der Waals surface area contributed by atoms with Crippen LogP contribution in [-0.2, 0) is 0 Å². The first-order chi connectivity index (χ1) is 10.2. The van der Waals surface area contributed by atoms with Crippen molar-refractivity contribution in [3.63, 3.8) is 0 Å². The van der Waals surface area contributed by atoms with Gasteiger partial charge in [0.1, 0.15) is 11.6 Å². The van der Waals surface area contributed by atoms with Crippen LogP contribution in [0.15, 0.2) is 53.4 Å². The van der Waals surface area contributed by atoms with E-state index in [0.717, 1.165) is 17.1 Å². The van der Waals surface area contributed by atoms with Gasteiger partial charge in [-0.05, 0) is 42.8 Å². The number of aromatic carboxylic acids is 1. The lowest BCUT2D eigenvalue weighted by atomic mass is 10.2. The molecule has 0 atom stereocenters. The van der Waals surface area contributed by atoms with Gasteiger partial charge >= 0.3 is 5.97 Å². The maximum absolute atomic E-state index is 12.7. The molecule has 110 valence electrons. The molecule has 0 saturated heterocycles. The molecule has 2 aromatic rings. The van der Waals surface area contributed by atoms with Crippen LogP contribution in [0.2, 0.25) is 0 Å². The molecule has 5 heteroatoms. The molecule has 0 aliphatic heterocycles. The van der Waals surface area contributed by atoms with Crippen LogP contribution in [0.3, 0.4) is 0 Å². The predicted octanol–water partition coefficient (Wildman–Crippen LogP) is 4.09. The normalized spacial score (nSPS) is 10.3. The zero-order valence-electron chi connectivity index (χ0n) is 11.3. The van der Waals surface area contributed by atoms with E-state index in [4.69, 9.17) is 9.84 Å². The van der Waals surface area contributed by atoms with Crippen LogP contribution in [0.4, 0.5) is 4.39 Å². The molecule has 0 bridgehead atoms. The Morgan fingerprint density at radius 3 is 2.57 bits per heavy atom. The third kappa shape index (κ3) is 4.79. The SMILES string of the molecule is O=C(O)c1ccccc1SCCCOc1ccc(F)cc1. The molecule has 0 unspecified atom stereocenters. The van der Waals surface area contributed by atoms with Crippen molar-refractivity contribution in [3.05, 3.63) is 59.9 Å². The summed E-state index contributed by atoms with van der Waals surface area (Å²) in [5.74, 6) is 0.182. The smallest absolute Gasteiger partial charge is 0.336 e. The Hall–Kier alpha value is -2.01. The highest BCUT2D eigenvalue weighted by Gasteiger charge is 2.08. The fourth-order valence-corrected chi connectivity index (χ4v) is 2.70. The monoisotopic (exact) mass is 306 g/mol. The molecule has 2 aromatic carbocycles. The summed E-state index contributed by atoms with van der Waals surface area (Å²) < 4.78 is 18.2. The maximum atomic E-state index is 12.7. The number of carboxylic acid groups (broad SMARTS) is 1. The molecule has 1 N–H and O–H groups in total. The van der Waals surface area contributed by atoms with E-state index >= 15 is 0 Å². The van der Waals surface area contributed by atoms with Crippen LogP contribution < -0.4 is 4.74 Å². The van der Waals surface area contributed by atoms with Crippen molar-refractivity contribution in [1.29, 1.82) is 0 Å². The highest BCUT2D eigenvalue weighted by molar-refractivity contribution is 7.99. The molecule has 0 radical (unpaired) electrons. The summed E-state index contributed by atoms with van der Waals surface area (Å²) in [4.78, 5) is 11.8. The standard InChI is InChI=1S/C16H15FO3S/c17-12-6-8-13(9-7-12)20-10-3-11-21-15-5-2-1-4-14(15)16(18)19/h1-2,4-9H,3,10-11H2,(H,18,19). The second kappa shape index (κ2) is 7.69. The lowest BCUT2D eigenvalue weighted by molar-refractivity contribution is 0.0693. The summed E-state index contributed by atoms with van der Waals surface area (Å²) in [6.45, 7) is 0.508. The van der Waals surface area contributed by atoms with Gasteiger partial charge in [0.25, 0.3) is 0 Å². The number of carboxylic acids is 1. The summed E-state index contributed by atoms with van der Waals surface area (Å²) in [5.41, 5.74) is 0.321. The lowest BCUT2D eigenvalue weighted by Crippen LogP contribution is -2.01. The van der Waals surface area contributed by atoms with Crippen molar-refractivity contribution >= 4 is 17.7 Å². The Morgan fingerprint density at radius 1 is 1.14 bits per heavy atom. The van der Waals surface area contributed by atoms with Gasteiger partial charge in [0.05, 0.1) is 12.2 Å². The molecule has 2 rings (SSSR count). The number of halogens is 1. The van der Waals surface area contributed by atoms with Crippen molar-refractivity contribution in [3.8, 4) is 5.75 Å². The number of rotatable bonds is 7. The van der Waals surface area contributed by atoms with Gasteiger partial charge in [-0.15, -0.1) is 11.8 Å². The number of thioether (sulfide) groups is 1. The minimum Gasteiger partial charge on any atom is -0.494 e. The van der Waals surface area contributed by atoms with E-state index in [1.165, 1.54) is 23.9 Å². The first-order valence-electron chi connectivity index (χ1n) is 6.50. The highest BCUT2D eigenvalue weighted by atomic mass is 32.2. The Kier molecular flexibility index (Phi) is 5.63. The predicted molar refractivity (Wildman–Crippen MR) is 80.6 cm³/mol. The summed E-state index contributed by atoms with van der Waals surface area (Å²) in [6.07, 6.45) is 0.774. The molecule has 0 spiro atoms. The van der Waals surface area contributed by atoms with E-state index in [9.17, 15) is 9.18 Å². The average molecular weight is 306 g/mol. The van der Waals surface area contributed by atoms with Crippen molar-refractivity contribution in [1.82, 2.24) is 0 Å². The zero-order valence-corrected chi connectivity index (χ0v) is 12.1. The second-order valence-electron chi connectivity index (χ2n) is 4.31. The van der Waals surface area contributed by atoms with Crippen molar-refractivity contribution in [2.75, 3.05) is 12.4 Å². The van der Waals surface area contributed by atoms with E-state index < -0.39 is 5.97 Å². The fraction of sp³-hybridized carbons (Fsp3) is 0.188. The largest absolute Gasteiger partial charge is 0.494 e. The van der Waals surface area contributed by atoms with Crippen LogP contribution in [0.25, 0.3) is 0 Å². The van der Waals surface area contributed by atoms with Gasteiger partial charge in [-0.1, -0.05) is 12.1 Å². The summed E-state index contributed by atoms with van der Waals surface area (Å²) >= 11 is 1.49. The molecular formula is C16H15FO3S. The number of hydrogen-bond acceptors (Lipinski definition) is 3. The van der Waals surface area contributed by atoms with Crippen molar-refractivity contribution < 1.29 is 19.0 Å². The van der Waals surface area contributed by atoms with Crippen LogP contribution in [0, 0.1) is 5.82 Å². The molecule has 0 saturated carbocycles. The van der Waals surface area contributed by atoms with Crippen LogP contribution in [-0.4, -0.2) is 23.4 Å². The Labute approximate surface area is 126 Å². The first kappa shape index (κ1) is 15.4. The quantitative estimate of drug-likeness (QED) is 0.618. The number of ether oxygens (including phenoxy) is 1. The molecule has 21 heavy (non-hydrogen) atoms. The number of hydrogen-bond donors (Lipinski definition) is 1. The molecule has 0 aromatic heterocycles. The summed E-state index contributed by atoms with van der Waals surface area (Å²) in [6, 6.07) is 12.8. The number of benzene rings is 2. The first-order valence-corrected chi connectivity index (χ1v) is 7.49. The third-order valence-electron chi connectivity index (χ3n) is 2.75. The van der Waals surface area contributed by atoms with Gasteiger partial charge in [0.15, 0.2) is 0 Å². The topological polar surface area (TPSA) is 46.5 Å². The Bertz CT molecular complexity index is 599. The third-order valence-corrected chi connectivity index (χ3v) is 3.91. The highest BCUT2D eigenvalue weighted by Crippen LogP contribution is 2.23. The van der Waals surface area contributed by atoms with Gasteiger partial charge in [-0.2, -0.15) is 0 Å². The van der Waals surface area contributed by atoms with E-state index in [1.807, 2.05) is 6.07 Å². The minimum absolute atomic E-state index is 0.289. The Morgan fingerprint density at radius 2 is 1.86 bits per heavy atom. The molecule has 0 fully saturated rings. The van der Waals surface area contributed by atoms with Gasteiger partial charge in [0.2, 0.25) is 0 Å². The van der Waals surface area contributed by atoms with Gasteiger partial charge < -0.3 is 9.84 Å². The van der Waals surface area contributed by atoms with E-state index in [2.05, 4.69) is 0 Å². The molecule has 0 aliphatic carbocycles. The number of carbonyl (C=O) groups is 1. The molecule has 0 heterocycles. The minimum atomic E-state index is -0.916.